The quantitative estimate of drug-likeness (QED) is 0.874. The van der Waals surface area contributed by atoms with Crippen molar-refractivity contribution in [2.45, 2.75) is 0 Å². The summed E-state index contributed by atoms with van der Waals surface area (Å²) in [6.45, 7) is 0. The van der Waals surface area contributed by atoms with Crippen LogP contribution in [0, 0.1) is 0 Å². The molecule has 2 N–H and O–H groups in total. The molecule has 0 spiro atoms. The highest BCUT2D eigenvalue weighted by molar-refractivity contribution is 7.13. The molecule has 0 aliphatic carbocycles. The second-order valence-corrected chi connectivity index (χ2v) is 4.59. The molecule has 0 aliphatic heterocycles. The standard InChI is InChI=1S/C11H12N4OS/c1-15(2)10(16)7-3-4-8(13-5-7)9-6-17-11(12)14-9/h3-6H,1-2H3,(H2,12,14). The van der Waals surface area contributed by atoms with Crippen molar-refractivity contribution in [3.63, 3.8) is 0 Å². The largest absolute Gasteiger partial charge is 0.375 e. The third-order valence-corrected chi connectivity index (χ3v) is 2.87. The Hall–Kier alpha value is -1.95. The van der Waals surface area contributed by atoms with Crippen molar-refractivity contribution >= 4 is 22.4 Å². The molecule has 5 nitrogen and oxygen atoms in total. The first-order valence-corrected chi connectivity index (χ1v) is 5.85. The van der Waals surface area contributed by atoms with Gasteiger partial charge in [-0.3, -0.25) is 9.78 Å². The van der Waals surface area contributed by atoms with E-state index in [-0.39, 0.29) is 5.91 Å². The van der Waals surface area contributed by atoms with E-state index in [0.717, 1.165) is 5.69 Å². The highest BCUT2D eigenvalue weighted by Gasteiger charge is 2.09. The summed E-state index contributed by atoms with van der Waals surface area (Å²) in [7, 11) is 3.41. The van der Waals surface area contributed by atoms with Crippen LogP contribution in [-0.2, 0) is 0 Å². The minimum absolute atomic E-state index is 0.0677. The first kappa shape index (κ1) is 11.5. The van der Waals surface area contributed by atoms with E-state index < -0.39 is 0 Å². The number of anilines is 1. The van der Waals surface area contributed by atoms with Crippen molar-refractivity contribution in [1.29, 1.82) is 0 Å². The van der Waals surface area contributed by atoms with E-state index in [1.165, 1.54) is 16.2 Å². The first-order chi connectivity index (χ1) is 8.08. The normalized spacial score (nSPS) is 10.2. The number of pyridine rings is 1. The summed E-state index contributed by atoms with van der Waals surface area (Å²) in [5, 5.41) is 2.35. The summed E-state index contributed by atoms with van der Waals surface area (Å²) >= 11 is 1.37. The smallest absolute Gasteiger partial charge is 0.254 e. The summed E-state index contributed by atoms with van der Waals surface area (Å²) in [5.74, 6) is -0.0677. The lowest BCUT2D eigenvalue weighted by molar-refractivity contribution is 0.0827. The Morgan fingerprint density at radius 1 is 1.35 bits per heavy atom. The van der Waals surface area contributed by atoms with Crippen LogP contribution >= 0.6 is 11.3 Å². The molecular formula is C11H12N4OS. The molecule has 6 heteroatoms. The molecule has 0 aliphatic rings. The van der Waals surface area contributed by atoms with Gasteiger partial charge in [0, 0.05) is 25.7 Å². The van der Waals surface area contributed by atoms with Gasteiger partial charge in [0.25, 0.3) is 5.91 Å². The van der Waals surface area contributed by atoms with Crippen molar-refractivity contribution in [1.82, 2.24) is 14.9 Å². The predicted octanol–water partition coefficient (Wildman–Crippen LogP) is 1.49. The molecule has 0 unspecified atom stereocenters. The number of nitrogens with zero attached hydrogens (tertiary/aromatic N) is 3. The van der Waals surface area contributed by atoms with Crippen molar-refractivity contribution in [3.05, 3.63) is 29.3 Å². The summed E-state index contributed by atoms with van der Waals surface area (Å²) in [6.07, 6.45) is 1.55. The van der Waals surface area contributed by atoms with Gasteiger partial charge >= 0.3 is 0 Å². The lowest BCUT2D eigenvalue weighted by Crippen LogP contribution is -2.21. The monoisotopic (exact) mass is 248 g/mol. The topological polar surface area (TPSA) is 72.1 Å². The Balaban J connectivity index is 2.27. The van der Waals surface area contributed by atoms with E-state index in [4.69, 9.17) is 5.73 Å². The highest BCUT2D eigenvalue weighted by Crippen LogP contribution is 2.21. The van der Waals surface area contributed by atoms with Gasteiger partial charge in [-0.25, -0.2) is 4.98 Å². The second kappa shape index (κ2) is 4.50. The van der Waals surface area contributed by atoms with Crippen LogP contribution in [0.15, 0.2) is 23.7 Å². The average molecular weight is 248 g/mol. The Kier molecular flexibility index (Phi) is 3.06. The van der Waals surface area contributed by atoms with Crippen LogP contribution in [0.5, 0.6) is 0 Å². The molecule has 2 rings (SSSR count). The van der Waals surface area contributed by atoms with Crippen LogP contribution in [0.4, 0.5) is 5.13 Å². The number of thiazole rings is 1. The van der Waals surface area contributed by atoms with Crippen LogP contribution in [0.3, 0.4) is 0 Å². The maximum absolute atomic E-state index is 11.6. The molecule has 2 aromatic rings. The van der Waals surface area contributed by atoms with Crippen molar-refractivity contribution in [2.24, 2.45) is 0 Å². The van der Waals surface area contributed by atoms with Crippen LogP contribution in [0.1, 0.15) is 10.4 Å². The fourth-order valence-corrected chi connectivity index (χ4v) is 1.89. The zero-order valence-electron chi connectivity index (χ0n) is 9.54. The van der Waals surface area contributed by atoms with Gasteiger partial charge < -0.3 is 10.6 Å². The molecule has 2 aromatic heterocycles. The van der Waals surface area contributed by atoms with Gasteiger partial charge in [0.05, 0.1) is 11.3 Å². The third kappa shape index (κ3) is 2.42. The number of rotatable bonds is 2. The van der Waals surface area contributed by atoms with Crippen molar-refractivity contribution < 1.29 is 4.79 Å². The number of carbonyl (C=O) groups excluding carboxylic acids is 1. The van der Waals surface area contributed by atoms with E-state index in [1.807, 2.05) is 5.38 Å². The Bertz CT molecular complexity index is 533. The fourth-order valence-electron chi connectivity index (χ4n) is 1.34. The minimum atomic E-state index is -0.0677. The zero-order valence-corrected chi connectivity index (χ0v) is 10.4. The molecule has 88 valence electrons. The van der Waals surface area contributed by atoms with Gasteiger partial charge in [-0.15, -0.1) is 11.3 Å². The predicted molar refractivity (Wildman–Crippen MR) is 67.8 cm³/mol. The van der Waals surface area contributed by atoms with Gasteiger partial charge in [-0.2, -0.15) is 0 Å². The number of nitrogen functional groups attached to an aromatic ring is 1. The van der Waals surface area contributed by atoms with Gasteiger partial charge in [-0.05, 0) is 12.1 Å². The molecule has 0 radical (unpaired) electrons. The average Bonchev–Trinajstić information content (AvgIpc) is 2.75. The maximum atomic E-state index is 11.6. The molecule has 0 bridgehead atoms. The summed E-state index contributed by atoms with van der Waals surface area (Å²) < 4.78 is 0. The molecule has 0 saturated carbocycles. The number of nitrogens with two attached hydrogens (primary N) is 1. The number of amides is 1. The van der Waals surface area contributed by atoms with Crippen LogP contribution in [0.2, 0.25) is 0 Å². The summed E-state index contributed by atoms with van der Waals surface area (Å²) in [4.78, 5) is 21.5. The SMILES string of the molecule is CN(C)C(=O)c1ccc(-c2csc(N)n2)nc1. The molecular weight excluding hydrogens is 236 g/mol. The van der Waals surface area contributed by atoms with Gasteiger partial charge in [-0.1, -0.05) is 0 Å². The van der Waals surface area contributed by atoms with E-state index in [2.05, 4.69) is 9.97 Å². The fraction of sp³-hybridized carbons (Fsp3) is 0.182. The molecule has 0 fully saturated rings. The van der Waals surface area contributed by atoms with Crippen LogP contribution in [-0.4, -0.2) is 34.9 Å². The zero-order chi connectivity index (χ0) is 12.4. The lowest BCUT2D eigenvalue weighted by Gasteiger charge is -2.09. The Morgan fingerprint density at radius 2 is 2.12 bits per heavy atom. The number of hydrogen-bond acceptors (Lipinski definition) is 5. The molecule has 17 heavy (non-hydrogen) atoms. The van der Waals surface area contributed by atoms with Gasteiger partial charge in [0.2, 0.25) is 0 Å². The molecule has 0 saturated heterocycles. The molecule has 2 heterocycles. The third-order valence-electron chi connectivity index (χ3n) is 2.20. The summed E-state index contributed by atoms with van der Waals surface area (Å²) in [5.41, 5.74) is 7.56. The molecule has 0 atom stereocenters. The lowest BCUT2D eigenvalue weighted by atomic mass is 10.2. The maximum Gasteiger partial charge on any atom is 0.254 e. The van der Waals surface area contributed by atoms with E-state index in [0.29, 0.717) is 16.4 Å². The van der Waals surface area contributed by atoms with E-state index in [1.54, 1.807) is 32.4 Å². The number of carbonyl (C=O) groups is 1. The Morgan fingerprint density at radius 3 is 2.59 bits per heavy atom. The minimum Gasteiger partial charge on any atom is -0.375 e. The second-order valence-electron chi connectivity index (χ2n) is 3.70. The van der Waals surface area contributed by atoms with E-state index >= 15 is 0 Å². The first-order valence-electron chi connectivity index (χ1n) is 4.97. The van der Waals surface area contributed by atoms with Crippen LogP contribution < -0.4 is 5.73 Å². The highest BCUT2D eigenvalue weighted by atomic mass is 32.1. The van der Waals surface area contributed by atoms with Gasteiger partial charge in [0.15, 0.2) is 5.13 Å². The Labute approximate surface area is 103 Å². The molecule has 1 amide bonds. The summed E-state index contributed by atoms with van der Waals surface area (Å²) in [6, 6.07) is 3.51. The van der Waals surface area contributed by atoms with Gasteiger partial charge in [0.1, 0.15) is 5.69 Å². The van der Waals surface area contributed by atoms with Crippen LogP contribution in [0.25, 0.3) is 11.4 Å². The van der Waals surface area contributed by atoms with E-state index in [9.17, 15) is 4.79 Å². The molecule has 0 aromatic carbocycles. The number of hydrogen-bond donors (Lipinski definition) is 1. The van der Waals surface area contributed by atoms with Crippen molar-refractivity contribution in [2.75, 3.05) is 19.8 Å². The van der Waals surface area contributed by atoms with Crippen molar-refractivity contribution in [3.8, 4) is 11.4 Å². The number of aromatic nitrogens is 2.